The first kappa shape index (κ1) is 21.5. The maximum Gasteiger partial charge on any atom is 0.407 e. The van der Waals surface area contributed by atoms with Crippen molar-refractivity contribution in [1.82, 2.24) is 5.32 Å². The Bertz CT molecular complexity index is 661. The first-order valence-electron chi connectivity index (χ1n) is 8.64. The summed E-state index contributed by atoms with van der Waals surface area (Å²) in [4.78, 5) is 24.1. The molecule has 1 atom stereocenters. The van der Waals surface area contributed by atoms with Crippen molar-refractivity contribution in [2.75, 3.05) is 13.2 Å². The van der Waals surface area contributed by atoms with Crippen molar-refractivity contribution >= 4 is 17.6 Å². The van der Waals surface area contributed by atoms with Gasteiger partial charge >= 0.3 is 12.1 Å². The van der Waals surface area contributed by atoms with Crippen molar-refractivity contribution in [3.63, 3.8) is 0 Å². The fraction of sp³-hybridized carbons (Fsp3) is 0.500. The number of rotatable bonds is 7. The lowest BCUT2D eigenvalue weighted by Crippen LogP contribution is -2.38. The number of carbonyl (C=O) groups is 2. The summed E-state index contributed by atoms with van der Waals surface area (Å²) in [6.45, 7) is 13.0. The summed E-state index contributed by atoms with van der Waals surface area (Å²) < 4.78 is 10.3. The Morgan fingerprint density at radius 1 is 1.31 bits per heavy atom. The van der Waals surface area contributed by atoms with Gasteiger partial charge in [-0.05, 0) is 64.3 Å². The average Bonchev–Trinajstić information content (AvgIpc) is 2.51. The molecule has 144 valence electrons. The van der Waals surface area contributed by atoms with Gasteiger partial charge in [0.25, 0.3) is 0 Å². The summed E-state index contributed by atoms with van der Waals surface area (Å²) in [5.74, 6) is -0.820. The number of nitrogens with one attached hydrogen (secondary N) is 1. The Morgan fingerprint density at radius 2 is 1.96 bits per heavy atom. The van der Waals surface area contributed by atoms with E-state index in [0.29, 0.717) is 12.0 Å². The molecular weight excluding hydrogens is 334 g/mol. The number of esters is 1. The zero-order chi connectivity index (χ0) is 19.9. The Kier molecular flexibility index (Phi) is 7.68. The maximum absolute atomic E-state index is 12.2. The Morgan fingerprint density at radius 3 is 2.50 bits per heavy atom. The highest BCUT2D eigenvalue weighted by Crippen LogP contribution is 2.26. The van der Waals surface area contributed by atoms with E-state index < -0.39 is 23.6 Å². The lowest BCUT2D eigenvalue weighted by molar-refractivity contribution is -0.147. The van der Waals surface area contributed by atoms with Crippen LogP contribution in [0.25, 0.3) is 5.57 Å². The molecule has 6 heteroatoms. The third-order valence-electron chi connectivity index (χ3n) is 3.51. The number of hydrogen-bond acceptors (Lipinski definition) is 5. The van der Waals surface area contributed by atoms with Crippen LogP contribution in [0.4, 0.5) is 4.79 Å². The normalized spacial score (nSPS) is 12.2. The summed E-state index contributed by atoms with van der Waals surface area (Å²) in [6.07, 6.45) is -0.227. The molecule has 2 N–H and O–H groups in total. The highest BCUT2D eigenvalue weighted by atomic mass is 16.6. The molecule has 6 nitrogen and oxygen atoms in total. The van der Waals surface area contributed by atoms with Crippen molar-refractivity contribution in [2.45, 2.75) is 46.6 Å². The van der Waals surface area contributed by atoms with Crippen LogP contribution in [0.15, 0.2) is 24.8 Å². The lowest BCUT2D eigenvalue weighted by atomic mass is 9.96. The van der Waals surface area contributed by atoms with Gasteiger partial charge in [-0.1, -0.05) is 12.6 Å². The largest absolute Gasteiger partial charge is 0.507 e. The number of aromatic hydroxyl groups is 1. The van der Waals surface area contributed by atoms with Gasteiger partial charge in [-0.15, -0.1) is 0 Å². The molecule has 0 aliphatic carbocycles. The first-order chi connectivity index (χ1) is 12.0. The predicted molar refractivity (Wildman–Crippen MR) is 101 cm³/mol. The number of amides is 1. The van der Waals surface area contributed by atoms with Crippen molar-refractivity contribution in [3.8, 4) is 5.75 Å². The molecule has 0 aromatic heterocycles. The summed E-state index contributed by atoms with van der Waals surface area (Å²) in [5.41, 5.74) is 1.58. The monoisotopic (exact) mass is 363 g/mol. The lowest BCUT2D eigenvalue weighted by Gasteiger charge is -2.21. The van der Waals surface area contributed by atoms with Crippen molar-refractivity contribution in [1.29, 1.82) is 0 Å². The summed E-state index contributed by atoms with van der Waals surface area (Å²) in [6, 6.07) is 5.10. The van der Waals surface area contributed by atoms with Crippen LogP contribution in [0.2, 0.25) is 0 Å². The fourth-order valence-electron chi connectivity index (χ4n) is 2.36. The maximum atomic E-state index is 12.2. The molecule has 26 heavy (non-hydrogen) atoms. The van der Waals surface area contributed by atoms with E-state index in [4.69, 9.17) is 9.47 Å². The number of carbonyl (C=O) groups excluding carboxylic acids is 2. The third kappa shape index (κ3) is 7.17. The van der Waals surface area contributed by atoms with Crippen LogP contribution in [0.1, 0.15) is 45.7 Å². The molecule has 0 fully saturated rings. The van der Waals surface area contributed by atoms with Gasteiger partial charge in [0.15, 0.2) is 0 Å². The molecule has 1 unspecified atom stereocenters. The molecular formula is C20H29NO5. The van der Waals surface area contributed by atoms with E-state index in [1.54, 1.807) is 52.8 Å². The number of alkyl carbamates (subject to hydrolysis) is 1. The zero-order valence-corrected chi connectivity index (χ0v) is 16.2. The van der Waals surface area contributed by atoms with Crippen LogP contribution in [-0.2, 0) is 20.7 Å². The van der Waals surface area contributed by atoms with Crippen LogP contribution in [0.3, 0.4) is 0 Å². The minimum absolute atomic E-state index is 0.0943. The summed E-state index contributed by atoms with van der Waals surface area (Å²) in [5, 5.41) is 12.5. The highest BCUT2D eigenvalue weighted by Gasteiger charge is 2.23. The molecule has 1 aromatic rings. The van der Waals surface area contributed by atoms with Crippen molar-refractivity contribution in [2.24, 2.45) is 5.92 Å². The van der Waals surface area contributed by atoms with Gasteiger partial charge in [0.2, 0.25) is 0 Å². The standard InChI is InChI=1S/C20H29NO5/c1-7-25-18(23)15(12-21-19(24)26-20(4,5)6)10-14-8-9-17(22)16(11-14)13(2)3/h8-9,11,15,22H,2,7,10,12H2,1,3-6H3,(H,21,24). The van der Waals surface area contributed by atoms with Crippen LogP contribution in [0.5, 0.6) is 5.75 Å². The number of allylic oxidation sites excluding steroid dienone is 1. The van der Waals surface area contributed by atoms with Gasteiger partial charge in [-0.2, -0.15) is 0 Å². The van der Waals surface area contributed by atoms with Crippen LogP contribution in [0, 0.1) is 5.92 Å². The molecule has 0 saturated carbocycles. The van der Waals surface area contributed by atoms with E-state index in [9.17, 15) is 14.7 Å². The van der Waals surface area contributed by atoms with E-state index in [0.717, 1.165) is 11.1 Å². The second-order valence-electron chi connectivity index (χ2n) is 7.17. The van der Waals surface area contributed by atoms with Gasteiger partial charge in [0, 0.05) is 12.1 Å². The van der Waals surface area contributed by atoms with Crippen LogP contribution in [-0.4, -0.2) is 35.9 Å². The molecule has 0 aliphatic rings. The predicted octanol–water partition coefficient (Wildman–Crippen LogP) is 3.67. The Hall–Kier alpha value is -2.50. The molecule has 0 heterocycles. The summed E-state index contributed by atoms with van der Waals surface area (Å²) in [7, 11) is 0. The van der Waals surface area contributed by atoms with Crippen molar-refractivity contribution in [3.05, 3.63) is 35.9 Å². The second kappa shape index (κ2) is 9.27. The molecule has 0 spiro atoms. The van der Waals surface area contributed by atoms with Gasteiger partial charge in [0.05, 0.1) is 12.5 Å². The third-order valence-corrected chi connectivity index (χ3v) is 3.51. The molecule has 0 aliphatic heterocycles. The number of ether oxygens (including phenoxy) is 2. The topological polar surface area (TPSA) is 84.9 Å². The fourth-order valence-corrected chi connectivity index (χ4v) is 2.36. The van der Waals surface area contributed by atoms with E-state index in [2.05, 4.69) is 11.9 Å². The zero-order valence-electron chi connectivity index (χ0n) is 16.2. The smallest absolute Gasteiger partial charge is 0.407 e. The van der Waals surface area contributed by atoms with Crippen LogP contribution >= 0.6 is 0 Å². The molecule has 0 radical (unpaired) electrons. The van der Waals surface area contributed by atoms with E-state index in [1.165, 1.54) is 0 Å². The van der Waals surface area contributed by atoms with E-state index in [1.807, 2.05) is 0 Å². The van der Waals surface area contributed by atoms with E-state index >= 15 is 0 Å². The minimum Gasteiger partial charge on any atom is -0.507 e. The van der Waals surface area contributed by atoms with Gasteiger partial charge in [0.1, 0.15) is 11.4 Å². The second-order valence-corrected chi connectivity index (χ2v) is 7.17. The molecule has 1 amide bonds. The molecule has 0 bridgehead atoms. The minimum atomic E-state index is -0.614. The average molecular weight is 363 g/mol. The number of benzene rings is 1. The number of phenols is 1. The van der Waals surface area contributed by atoms with E-state index in [-0.39, 0.29) is 18.9 Å². The number of hydrogen-bond donors (Lipinski definition) is 2. The number of phenolic OH excluding ortho intramolecular Hbond substituents is 1. The Balaban J connectivity index is 2.87. The Labute approximate surface area is 155 Å². The van der Waals surface area contributed by atoms with Gasteiger partial charge in [-0.25, -0.2) is 4.79 Å². The quantitative estimate of drug-likeness (QED) is 0.722. The van der Waals surface area contributed by atoms with Crippen molar-refractivity contribution < 1.29 is 24.2 Å². The molecule has 0 saturated heterocycles. The SMILES string of the molecule is C=C(C)c1cc(CC(CNC(=O)OC(C)(C)C)C(=O)OCC)ccc1O. The van der Waals surface area contributed by atoms with Gasteiger partial charge in [-0.3, -0.25) is 4.79 Å². The van der Waals surface area contributed by atoms with Gasteiger partial charge < -0.3 is 19.9 Å². The first-order valence-corrected chi connectivity index (χ1v) is 8.64. The van der Waals surface area contributed by atoms with Crippen LogP contribution < -0.4 is 5.32 Å². The highest BCUT2D eigenvalue weighted by molar-refractivity contribution is 5.75. The molecule has 1 aromatic carbocycles. The molecule has 1 rings (SSSR count). The summed E-state index contributed by atoms with van der Waals surface area (Å²) >= 11 is 0.